The Morgan fingerprint density at radius 1 is 0.840 bits per heavy atom. The van der Waals surface area contributed by atoms with Gasteiger partial charge >= 0.3 is 0 Å². The number of rotatable bonds is 5. The Labute approximate surface area is 150 Å². The molecular weight excluding hydrogens is 306 g/mol. The van der Waals surface area contributed by atoms with Crippen LogP contribution in [0.2, 0.25) is 0 Å². The third-order valence-corrected chi connectivity index (χ3v) is 4.91. The summed E-state index contributed by atoms with van der Waals surface area (Å²) >= 11 is 0. The van der Waals surface area contributed by atoms with E-state index in [0.717, 1.165) is 11.3 Å². The van der Waals surface area contributed by atoms with E-state index in [9.17, 15) is 0 Å². The maximum atomic E-state index is 6.59. The number of aryl methyl sites for hydroxylation is 1. The number of nitrogens with two attached hydrogens (primary N) is 1. The minimum absolute atomic E-state index is 0.0417. The molecule has 0 saturated heterocycles. The van der Waals surface area contributed by atoms with Gasteiger partial charge in [-0.05, 0) is 52.9 Å². The van der Waals surface area contributed by atoms with Crippen LogP contribution in [-0.4, -0.2) is 7.11 Å². The molecule has 2 nitrogen and oxygen atoms in total. The highest BCUT2D eigenvalue weighted by molar-refractivity contribution is 5.68. The Bertz CT molecular complexity index is 824. The average Bonchev–Trinajstić information content (AvgIpc) is 2.68. The van der Waals surface area contributed by atoms with E-state index in [1.54, 1.807) is 7.11 Å². The van der Waals surface area contributed by atoms with Gasteiger partial charge in [-0.15, -0.1) is 0 Å². The summed E-state index contributed by atoms with van der Waals surface area (Å²) in [5, 5.41) is 0. The van der Waals surface area contributed by atoms with E-state index in [1.807, 2.05) is 18.2 Å². The molecule has 3 rings (SSSR count). The van der Waals surface area contributed by atoms with Crippen LogP contribution in [0.25, 0.3) is 11.1 Å². The molecule has 3 aromatic rings. The SMILES string of the molecule is COc1ccc(-c2cc(C(N)[C@H](C)c3ccccc3)ccc2C)cc1. The van der Waals surface area contributed by atoms with Gasteiger partial charge in [0.1, 0.15) is 5.75 Å². The fraction of sp³-hybridized carbons (Fsp3) is 0.217. The lowest BCUT2D eigenvalue weighted by Gasteiger charge is -2.22. The molecular formula is C23H25NO. The summed E-state index contributed by atoms with van der Waals surface area (Å²) in [6.07, 6.45) is 0. The summed E-state index contributed by atoms with van der Waals surface area (Å²) in [6.45, 7) is 4.32. The first-order valence-corrected chi connectivity index (χ1v) is 8.65. The molecule has 0 aliphatic carbocycles. The highest BCUT2D eigenvalue weighted by Crippen LogP contribution is 2.33. The quantitative estimate of drug-likeness (QED) is 0.672. The summed E-state index contributed by atoms with van der Waals surface area (Å²) in [5.41, 5.74) is 12.7. The minimum atomic E-state index is -0.0417. The number of hydrogen-bond acceptors (Lipinski definition) is 2. The van der Waals surface area contributed by atoms with Crippen molar-refractivity contribution in [3.63, 3.8) is 0 Å². The number of ether oxygens (including phenoxy) is 1. The van der Waals surface area contributed by atoms with Crippen LogP contribution in [0.3, 0.4) is 0 Å². The standard InChI is InChI=1S/C23H25NO/c1-16-9-10-20(23(24)17(2)18-7-5-4-6-8-18)15-22(16)19-11-13-21(25-3)14-12-19/h4-15,17,23H,24H2,1-3H3/t17-,23?/m1/s1. The Morgan fingerprint density at radius 3 is 2.16 bits per heavy atom. The van der Waals surface area contributed by atoms with Crippen LogP contribution in [0.5, 0.6) is 5.75 Å². The predicted octanol–water partition coefficient (Wildman–Crippen LogP) is 5.47. The van der Waals surface area contributed by atoms with Crippen LogP contribution < -0.4 is 10.5 Å². The van der Waals surface area contributed by atoms with Crippen LogP contribution >= 0.6 is 0 Å². The van der Waals surface area contributed by atoms with Gasteiger partial charge in [0.05, 0.1) is 7.11 Å². The molecule has 0 bridgehead atoms. The average molecular weight is 331 g/mol. The van der Waals surface area contributed by atoms with E-state index in [2.05, 4.69) is 68.4 Å². The van der Waals surface area contributed by atoms with E-state index in [-0.39, 0.29) is 12.0 Å². The van der Waals surface area contributed by atoms with Gasteiger partial charge in [-0.3, -0.25) is 0 Å². The van der Waals surface area contributed by atoms with E-state index in [4.69, 9.17) is 10.5 Å². The zero-order chi connectivity index (χ0) is 17.8. The summed E-state index contributed by atoms with van der Waals surface area (Å²) in [4.78, 5) is 0. The molecule has 0 spiro atoms. The van der Waals surface area contributed by atoms with E-state index in [0.29, 0.717) is 0 Å². The van der Waals surface area contributed by atoms with Crippen molar-refractivity contribution in [3.8, 4) is 16.9 Å². The van der Waals surface area contributed by atoms with Crippen molar-refractivity contribution in [1.29, 1.82) is 0 Å². The first-order valence-electron chi connectivity index (χ1n) is 8.65. The van der Waals surface area contributed by atoms with Gasteiger partial charge in [-0.2, -0.15) is 0 Å². The lowest BCUT2D eigenvalue weighted by Crippen LogP contribution is -2.17. The molecule has 0 fully saturated rings. The van der Waals surface area contributed by atoms with Crippen LogP contribution in [-0.2, 0) is 0 Å². The first kappa shape index (κ1) is 17.2. The third-order valence-electron chi connectivity index (χ3n) is 4.91. The van der Waals surface area contributed by atoms with Crippen LogP contribution in [0.15, 0.2) is 72.8 Å². The number of hydrogen-bond donors (Lipinski definition) is 1. The molecule has 0 radical (unpaired) electrons. The molecule has 2 N–H and O–H groups in total. The maximum absolute atomic E-state index is 6.59. The topological polar surface area (TPSA) is 35.2 Å². The predicted molar refractivity (Wildman–Crippen MR) is 105 cm³/mol. The molecule has 0 amide bonds. The second-order valence-corrected chi connectivity index (χ2v) is 6.53. The lowest BCUT2D eigenvalue weighted by molar-refractivity contribution is 0.415. The Hall–Kier alpha value is -2.58. The van der Waals surface area contributed by atoms with Gasteiger partial charge in [0.25, 0.3) is 0 Å². The van der Waals surface area contributed by atoms with E-state index in [1.165, 1.54) is 22.3 Å². The second-order valence-electron chi connectivity index (χ2n) is 6.53. The van der Waals surface area contributed by atoms with Gasteiger partial charge in [0, 0.05) is 12.0 Å². The van der Waals surface area contributed by atoms with Gasteiger partial charge in [-0.25, -0.2) is 0 Å². The van der Waals surface area contributed by atoms with Crippen molar-refractivity contribution in [1.82, 2.24) is 0 Å². The number of benzene rings is 3. The van der Waals surface area contributed by atoms with Crippen LogP contribution in [0.4, 0.5) is 0 Å². The van der Waals surface area contributed by atoms with Crippen LogP contribution in [0, 0.1) is 6.92 Å². The summed E-state index contributed by atoms with van der Waals surface area (Å²) in [5.74, 6) is 1.12. The fourth-order valence-electron chi connectivity index (χ4n) is 3.18. The minimum Gasteiger partial charge on any atom is -0.497 e. The molecule has 0 aliphatic heterocycles. The molecule has 25 heavy (non-hydrogen) atoms. The van der Waals surface area contributed by atoms with Crippen molar-refractivity contribution in [3.05, 3.63) is 89.5 Å². The Balaban J connectivity index is 1.92. The largest absolute Gasteiger partial charge is 0.497 e. The van der Waals surface area contributed by atoms with Crippen molar-refractivity contribution >= 4 is 0 Å². The molecule has 0 aliphatic rings. The Morgan fingerprint density at radius 2 is 1.52 bits per heavy atom. The van der Waals surface area contributed by atoms with Crippen molar-refractivity contribution in [2.24, 2.45) is 5.73 Å². The molecule has 1 unspecified atom stereocenters. The fourth-order valence-corrected chi connectivity index (χ4v) is 3.18. The lowest BCUT2D eigenvalue weighted by atomic mass is 9.87. The Kier molecular flexibility index (Phi) is 5.20. The maximum Gasteiger partial charge on any atom is 0.118 e. The molecule has 2 heteroatoms. The third kappa shape index (κ3) is 3.75. The molecule has 0 saturated carbocycles. The molecule has 128 valence electrons. The number of methoxy groups -OCH3 is 1. The highest BCUT2D eigenvalue weighted by Gasteiger charge is 2.17. The van der Waals surface area contributed by atoms with Crippen molar-refractivity contribution in [2.45, 2.75) is 25.8 Å². The first-order chi connectivity index (χ1) is 12.1. The molecule has 0 aromatic heterocycles. The summed E-state index contributed by atoms with van der Waals surface area (Å²) in [7, 11) is 1.69. The van der Waals surface area contributed by atoms with Gasteiger partial charge in [0.2, 0.25) is 0 Å². The summed E-state index contributed by atoms with van der Waals surface area (Å²) < 4.78 is 5.26. The van der Waals surface area contributed by atoms with Crippen molar-refractivity contribution < 1.29 is 4.74 Å². The zero-order valence-electron chi connectivity index (χ0n) is 15.1. The van der Waals surface area contributed by atoms with Gasteiger partial charge in [0.15, 0.2) is 0 Å². The smallest absolute Gasteiger partial charge is 0.118 e. The van der Waals surface area contributed by atoms with E-state index < -0.39 is 0 Å². The molecule has 2 atom stereocenters. The van der Waals surface area contributed by atoms with Crippen molar-refractivity contribution in [2.75, 3.05) is 7.11 Å². The van der Waals surface area contributed by atoms with Gasteiger partial charge in [-0.1, -0.05) is 61.5 Å². The highest BCUT2D eigenvalue weighted by atomic mass is 16.5. The zero-order valence-corrected chi connectivity index (χ0v) is 15.1. The second kappa shape index (κ2) is 7.54. The normalized spacial score (nSPS) is 13.3. The van der Waals surface area contributed by atoms with Crippen LogP contribution in [0.1, 0.15) is 35.6 Å². The monoisotopic (exact) mass is 331 g/mol. The van der Waals surface area contributed by atoms with Gasteiger partial charge < -0.3 is 10.5 Å². The molecule has 0 heterocycles. The summed E-state index contributed by atoms with van der Waals surface area (Å²) in [6, 6.07) is 25.1. The molecule has 3 aromatic carbocycles. The van der Waals surface area contributed by atoms with E-state index >= 15 is 0 Å².